The Balaban J connectivity index is 2.52. The van der Waals surface area contributed by atoms with Crippen molar-refractivity contribution in [2.75, 3.05) is 32.8 Å². The zero-order valence-corrected chi connectivity index (χ0v) is 29.2. The van der Waals surface area contributed by atoms with E-state index in [2.05, 4.69) is 26.3 Å². The Morgan fingerprint density at radius 1 is 0.918 bits per heavy atom. The van der Waals surface area contributed by atoms with Crippen LogP contribution in [0.3, 0.4) is 0 Å². The van der Waals surface area contributed by atoms with Gasteiger partial charge in [0.15, 0.2) is 0 Å². The maximum Gasteiger partial charge on any atom is 0.434 e. The maximum atomic E-state index is 13.0. The van der Waals surface area contributed by atoms with E-state index in [1.807, 2.05) is 30.3 Å². The lowest BCUT2D eigenvalue weighted by atomic mass is 10.1. The van der Waals surface area contributed by atoms with Crippen LogP contribution in [-0.4, -0.2) is 102 Å². The van der Waals surface area contributed by atoms with E-state index >= 15 is 0 Å². The molecule has 0 saturated carbocycles. The Morgan fingerprint density at radius 3 is 2.24 bits per heavy atom. The van der Waals surface area contributed by atoms with Gasteiger partial charge < -0.3 is 46.7 Å². The summed E-state index contributed by atoms with van der Waals surface area (Å²) >= 11 is 0. The van der Waals surface area contributed by atoms with Gasteiger partial charge in [0, 0.05) is 25.6 Å². The number of guanidine groups is 1. The molecule has 0 aliphatic carbocycles. The zero-order chi connectivity index (χ0) is 36.7. The van der Waals surface area contributed by atoms with E-state index in [4.69, 9.17) is 25.4 Å². The van der Waals surface area contributed by atoms with Crippen LogP contribution in [0, 0.1) is 0 Å². The summed E-state index contributed by atoms with van der Waals surface area (Å²) in [5.74, 6) is -1.12. The first kappa shape index (κ1) is 42.6. The number of nitrogens with one attached hydrogen (secondary N) is 4. The molecule has 1 aromatic rings. The fourth-order valence-corrected chi connectivity index (χ4v) is 4.44. The van der Waals surface area contributed by atoms with Gasteiger partial charge in [-0.25, -0.2) is 19.3 Å². The Labute approximate surface area is 288 Å². The lowest BCUT2D eigenvalue weighted by molar-refractivity contribution is -0.130. The number of benzene rings is 1. The van der Waals surface area contributed by atoms with Crippen molar-refractivity contribution in [3.05, 3.63) is 35.9 Å². The van der Waals surface area contributed by atoms with Gasteiger partial charge in [-0.2, -0.15) is 0 Å². The van der Waals surface area contributed by atoms with Gasteiger partial charge >= 0.3 is 18.3 Å². The van der Waals surface area contributed by atoms with Gasteiger partial charge in [0.25, 0.3) is 0 Å². The third kappa shape index (κ3) is 21.9. The number of carbonyl (C=O) groups is 5. The van der Waals surface area contributed by atoms with Crippen LogP contribution in [0.1, 0.15) is 84.6 Å². The van der Waals surface area contributed by atoms with Crippen molar-refractivity contribution >= 4 is 36.1 Å². The molecule has 0 aliphatic heterocycles. The highest BCUT2D eigenvalue weighted by atomic mass is 16.6. The molecule has 1 rings (SSSR count). The molecule has 0 aromatic heterocycles. The van der Waals surface area contributed by atoms with Crippen molar-refractivity contribution < 1.29 is 43.7 Å². The Bertz CT molecular complexity index is 1190. The van der Waals surface area contributed by atoms with Crippen molar-refractivity contribution in [3.8, 4) is 0 Å². The predicted octanol–water partition coefficient (Wildman–Crippen LogP) is 3.40. The Morgan fingerprint density at radius 2 is 1.59 bits per heavy atom. The molecule has 0 bridgehead atoms. The monoisotopic (exact) mass is 693 g/mol. The number of carboxylic acid groups (broad SMARTS) is 2. The summed E-state index contributed by atoms with van der Waals surface area (Å²) in [5, 5.41) is 29.0. The van der Waals surface area contributed by atoms with Crippen molar-refractivity contribution in [1.82, 2.24) is 26.2 Å². The maximum absolute atomic E-state index is 13.0. The van der Waals surface area contributed by atoms with Crippen LogP contribution < -0.4 is 27.0 Å². The van der Waals surface area contributed by atoms with Gasteiger partial charge in [0.2, 0.25) is 17.8 Å². The van der Waals surface area contributed by atoms with Crippen LogP contribution in [0.25, 0.3) is 0 Å². The van der Waals surface area contributed by atoms with Gasteiger partial charge in [-0.05, 0) is 78.5 Å². The second-order valence-corrected chi connectivity index (χ2v) is 12.6. The molecule has 8 N–H and O–H groups in total. The van der Waals surface area contributed by atoms with Crippen molar-refractivity contribution in [1.29, 1.82) is 0 Å². The second kappa shape index (κ2) is 23.8. The summed E-state index contributed by atoms with van der Waals surface area (Å²) < 4.78 is 11.1. The van der Waals surface area contributed by atoms with Crippen molar-refractivity contribution in [2.45, 2.75) is 103 Å². The minimum atomic E-state index is -1.53. The van der Waals surface area contributed by atoms with Crippen LogP contribution in [-0.2, 0) is 25.7 Å². The summed E-state index contributed by atoms with van der Waals surface area (Å²) in [5.41, 5.74) is 5.85. The van der Waals surface area contributed by atoms with Gasteiger partial charge in [0.1, 0.15) is 11.6 Å². The van der Waals surface area contributed by atoms with E-state index < -0.39 is 35.9 Å². The SMILES string of the molecule is C[C@H](CCNCCCCNC(=O)[C@H](COCc1ccccc1)NC(=O)CCCCCCN(C(=O)OC(C)(C)C)C(N)=NC(=O)O)NC(=O)O. The minimum Gasteiger partial charge on any atom is -0.465 e. The number of rotatable bonds is 22. The number of hydrogen-bond donors (Lipinski definition) is 7. The van der Waals surface area contributed by atoms with Crippen LogP contribution in [0.15, 0.2) is 35.3 Å². The normalized spacial score (nSPS) is 12.8. The van der Waals surface area contributed by atoms with Crippen LogP contribution in [0.5, 0.6) is 0 Å². The summed E-state index contributed by atoms with van der Waals surface area (Å²) in [4.78, 5) is 64.1. The van der Waals surface area contributed by atoms with E-state index in [1.54, 1.807) is 27.7 Å². The van der Waals surface area contributed by atoms with E-state index in [-0.39, 0.29) is 44.0 Å². The van der Waals surface area contributed by atoms with Crippen molar-refractivity contribution in [3.63, 3.8) is 0 Å². The average molecular weight is 694 g/mol. The molecule has 0 spiro atoms. The molecule has 49 heavy (non-hydrogen) atoms. The number of aliphatic imine (C=N–C) groups is 1. The third-order valence-corrected chi connectivity index (χ3v) is 6.89. The van der Waals surface area contributed by atoms with Crippen LogP contribution in [0.4, 0.5) is 14.4 Å². The summed E-state index contributed by atoms with van der Waals surface area (Å²) in [7, 11) is 0. The highest BCUT2D eigenvalue weighted by Gasteiger charge is 2.25. The molecule has 5 amide bonds. The first-order chi connectivity index (χ1) is 23.2. The molecule has 0 radical (unpaired) electrons. The zero-order valence-electron chi connectivity index (χ0n) is 29.2. The lowest BCUT2D eigenvalue weighted by Gasteiger charge is -2.26. The molecule has 0 fully saturated rings. The van der Waals surface area contributed by atoms with Gasteiger partial charge in [-0.15, -0.1) is 4.99 Å². The lowest BCUT2D eigenvalue weighted by Crippen LogP contribution is -2.49. The Hall–Kier alpha value is -4.44. The molecule has 0 heterocycles. The van der Waals surface area contributed by atoms with Crippen LogP contribution in [0.2, 0.25) is 0 Å². The minimum absolute atomic E-state index is 0.00357. The fraction of sp³-hybridized carbons (Fsp3) is 0.636. The number of carbonyl (C=O) groups excluding carboxylic acids is 3. The molecule has 0 unspecified atom stereocenters. The molecule has 276 valence electrons. The van der Waals surface area contributed by atoms with E-state index in [1.165, 1.54) is 0 Å². The molecule has 0 saturated heterocycles. The quantitative estimate of drug-likeness (QED) is 0.0528. The first-order valence-corrected chi connectivity index (χ1v) is 16.6. The molecule has 0 aliphatic rings. The fourth-order valence-electron chi connectivity index (χ4n) is 4.44. The number of unbranched alkanes of at least 4 members (excludes halogenated alkanes) is 4. The van der Waals surface area contributed by atoms with E-state index in [9.17, 15) is 24.0 Å². The molecule has 1 aromatic carbocycles. The summed E-state index contributed by atoms with van der Waals surface area (Å²) in [6.07, 6.45) is 1.22. The van der Waals surface area contributed by atoms with Crippen LogP contribution >= 0.6 is 0 Å². The van der Waals surface area contributed by atoms with E-state index in [0.29, 0.717) is 51.6 Å². The highest BCUT2D eigenvalue weighted by Crippen LogP contribution is 2.12. The predicted molar refractivity (Wildman–Crippen MR) is 184 cm³/mol. The Kier molecular flexibility index (Phi) is 20.7. The number of nitrogens with zero attached hydrogens (tertiary/aromatic N) is 2. The first-order valence-electron chi connectivity index (χ1n) is 16.6. The van der Waals surface area contributed by atoms with Gasteiger partial charge in [-0.1, -0.05) is 43.2 Å². The average Bonchev–Trinajstić information content (AvgIpc) is 3.00. The number of amides is 5. The largest absolute Gasteiger partial charge is 0.465 e. The second-order valence-electron chi connectivity index (χ2n) is 12.6. The van der Waals surface area contributed by atoms with E-state index in [0.717, 1.165) is 23.4 Å². The van der Waals surface area contributed by atoms with Gasteiger partial charge in [-0.3, -0.25) is 9.59 Å². The number of hydrogen-bond acceptors (Lipinski definition) is 8. The summed E-state index contributed by atoms with van der Waals surface area (Å²) in [6.45, 7) is 9.02. The third-order valence-electron chi connectivity index (χ3n) is 6.89. The highest BCUT2D eigenvalue weighted by molar-refractivity contribution is 5.97. The topological polar surface area (TPSA) is 234 Å². The molecular formula is C33H55N7O9. The smallest absolute Gasteiger partial charge is 0.434 e. The molecule has 2 atom stereocenters. The molecular weight excluding hydrogens is 638 g/mol. The summed E-state index contributed by atoms with van der Waals surface area (Å²) in [6, 6.07) is 8.47. The van der Waals surface area contributed by atoms with Gasteiger partial charge in [0.05, 0.1) is 13.2 Å². The molecule has 16 nitrogen and oxygen atoms in total. The molecule has 16 heteroatoms. The van der Waals surface area contributed by atoms with Crippen molar-refractivity contribution in [2.24, 2.45) is 10.7 Å². The standard InChI is InChI=1S/C33H55N7O9/c1-24(37-30(43)44)17-20-35-18-11-12-19-36-28(42)26(23-48-22-25-14-8-7-9-15-25)38-27(41)16-10-5-6-13-21-40(29(34)39-31(45)46)32(47)49-33(2,3)4/h7-9,14-15,24,26,35,37H,5-6,10-13,16-23H2,1-4H3,(H2,34,39)(H,36,42)(H,38,41)(H,43,44)(H,45,46)/t24-,26+/m1/s1. The number of ether oxygens (including phenoxy) is 2. The number of nitrogens with two attached hydrogens (primary N) is 1.